The van der Waals surface area contributed by atoms with Crippen LogP contribution < -0.4 is 5.32 Å². The van der Waals surface area contributed by atoms with Gasteiger partial charge in [-0.05, 0) is 35.0 Å². The van der Waals surface area contributed by atoms with Crippen molar-refractivity contribution >= 4 is 0 Å². The van der Waals surface area contributed by atoms with Gasteiger partial charge < -0.3 is 15.1 Å². The Morgan fingerprint density at radius 3 is 2.00 bits per heavy atom. The van der Waals surface area contributed by atoms with Gasteiger partial charge in [-0.25, -0.2) is 0 Å². The highest BCUT2D eigenvalue weighted by Gasteiger charge is 2.00. The fraction of sp³-hybridized carbons (Fsp3) is 1.00. The molecular weight excluding hydrogens is 162 g/mol. The van der Waals surface area contributed by atoms with Gasteiger partial charge in [0.05, 0.1) is 0 Å². The lowest BCUT2D eigenvalue weighted by Crippen LogP contribution is -2.36. The molecule has 0 spiro atoms. The van der Waals surface area contributed by atoms with E-state index in [1.165, 1.54) is 0 Å². The van der Waals surface area contributed by atoms with E-state index < -0.39 is 0 Å². The summed E-state index contributed by atoms with van der Waals surface area (Å²) in [5, 5.41) is 3.42. The number of nitrogens with one attached hydrogen (secondary N) is 1. The molecule has 0 heterocycles. The molecule has 0 rings (SSSR count). The average molecular weight is 187 g/mol. The molecular formula is C10H25N3. The maximum atomic E-state index is 3.42. The van der Waals surface area contributed by atoms with Gasteiger partial charge in [0.1, 0.15) is 0 Å². The first-order chi connectivity index (χ1) is 6.04. The van der Waals surface area contributed by atoms with Crippen LogP contribution in [-0.4, -0.2) is 63.2 Å². The SMILES string of the molecule is CC(C)N(C)CCNCCN(C)C. The number of hydrogen-bond donors (Lipinski definition) is 1. The topological polar surface area (TPSA) is 18.5 Å². The van der Waals surface area contributed by atoms with Gasteiger partial charge >= 0.3 is 0 Å². The highest BCUT2D eigenvalue weighted by Crippen LogP contribution is 1.90. The Labute approximate surface area is 83.1 Å². The van der Waals surface area contributed by atoms with Gasteiger partial charge in [-0.2, -0.15) is 0 Å². The molecule has 13 heavy (non-hydrogen) atoms. The first kappa shape index (κ1) is 12.9. The second kappa shape index (κ2) is 7.30. The lowest BCUT2D eigenvalue weighted by Gasteiger charge is -2.21. The highest BCUT2D eigenvalue weighted by atomic mass is 15.1. The molecule has 0 bridgehead atoms. The van der Waals surface area contributed by atoms with E-state index in [-0.39, 0.29) is 0 Å². The van der Waals surface area contributed by atoms with Crippen molar-refractivity contribution < 1.29 is 0 Å². The van der Waals surface area contributed by atoms with Crippen LogP contribution in [0.4, 0.5) is 0 Å². The molecule has 80 valence electrons. The summed E-state index contributed by atoms with van der Waals surface area (Å²) in [6, 6.07) is 0.649. The van der Waals surface area contributed by atoms with Crippen molar-refractivity contribution in [3.8, 4) is 0 Å². The molecule has 0 aromatic rings. The monoisotopic (exact) mass is 187 g/mol. The molecule has 0 radical (unpaired) electrons. The molecule has 0 amide bonds. The van der Waals surface area contributed by atoms with Crippen molar-refractivity contribution in [3.05, 3.63) is 0 Å². The van der Waals surface area contributed by atoms with Crippen LogP contribution in [-0.2, 0) is 0 Å². The minimum Gasteiger partial charge on any atom is -0.314 e. The minimum absolute atomic E-state index is 0.649. The summed E-state index contributed by atoms with van der Waals surface area (Å²) in [7, 11) is 6.36. The zero-order chi connectivity index (χ0) is 10.3. The van der Waals surface area contributed by atoms with E-state index in [1.807, 2.05) is 0 Å². The number of rotatable bonds is 7. The molecule has 3 heteroatoms. The smallest absolute Gasteiger partial charge is 0.0106 e. The van der Waals surface area contributed by atoms with Crippen LogP contribution in [0, 0.1) is 0 Å². The van der Waals surface area contributed by atoms with E-state index in [0.29, 0.717) is 6.04 Å². The lowest BCUT2D eigenvalue weighted by molar-refractivity contribution is 0.271. The third-order valence-electron chi connectivity index (χ3n) is 2.26. The fourth-order valence-corrected chi connectivity index (χ4v) is 0.941. The summed E-state index contributed by atoms with van der Waals surface area (Å²) in [5.74, 6) is 0. The van der Waals surface area contributed by atoms with Crippen LogP contribution in [0.15, 0.2) is 0 Å². The van der Waals surface area contributed by atoms with Crippen LogP contribution in [0.1, 0.15) is 13.8 Å². The van der Waals surface area contributed by atoms with Gasteiger partial charge in [0, 0.05) is 32.2 Å². The standard InChI is InChI=1S/C10H25N3/c1-10(2)13(5)9-7-11-6-8-12(3)4/h10-11H,6-9H2,1-5H3. The molecule has 0 fully saturated rings. The molecule has 0 aromatic heterocycles. The summed E-state index contributed by atoms with van der Waals surface area (Å²) < 4.78 is 0. The van der Waals surface area contributed by atoms with Crippen LogP contribution in [0.2, 0.25) is 0 Å². The molecule has 0 aromatic carbocycles. The van der Waals surface area contributed by atoms with Gasteiger partial charge in [0.2, 0.25) is 0 Å². The third kappa shape index (κ3) is 8.22. The predicted octanol–water partition coefficient (Wildman–Crippen LogP) is 0.478. The average Bonchev–Trinajstić information content (AvgIpc) is 2.02. The second-order valence-electron chi connectivity index (χ2n) is 4.13. The van der Waals surface area contributed by atoms with Gasteiger partial charge in [0.25, 0.3) is 0 Å². The molecule has 0 unspecified atom stereocenters. The molecule has 1 N–H and O–H groups in total. The Morgan fingerprint density at radius 2 is 1.54 bits per heavy atom. The van der Waals surface area contributed by atoms with Crippen LogP contribution in [0.25, 0.3) is 0 Å². The van der Waals surface area contributed by atoms with Crippen molar-refractivity contribution in [3.63, 3.8) is 0 Å². The van der Waals surface area contributed by atoms with Crippen molar-refractivity contribution in [1.29, 1.82) is 0 Å². The Bertz CT molecular complexity index is 113. The molecule has 3 nitrogen and oxygen atoms in total. The number of nitrogens with zero attached hydrogens (tertiary/aromatic N) is 2. The fourth-order valence-electron chi connectivity index (χ4n) is 0.941. The van der Waals surface area contributed by atoms with Crippen LogP contribution in [0.5, 0.6) is 0 Å². The van der Waals surface area contributed by atoms with Crippen molar-refractivity contribution in [2.75, 3.05) is 47.3 Å². The van der Waals surface area contributed by atoms with Gasteiger partial charge in [-0.15, -0.1) is 0 Å². The third-order valence-corrected chi connectivity index (χ3v) is 2.26. The normalized spacial score (nSPS) is 12.0. The summed E-state index contributed by atoms with van der Waals surface area (Å²) in [6.45, 7) is 8.86. The number of likely N-dealkylation sites (N-methyl/N-ethyl adjacent to an activating group) is 2. The quantitative estimate of drug-likeness (QED) is 0.585. The van der Waals surface area contributed by atoms with Gasteiger partial charge in [-0.3, -0.25) is 0 Å². The van der Waals surface area contributed by atoms with Gasteiger partial charge in [-0.1, -0.05) is 0 Å². The first-order valence-corrected chi connectivity index (χ1v) is 5.09. The molecule has 0 aliphatic heterocycles. The first-order valence-electron chi connectivity index (χ1n) is 5.09. The second-order valence-corrected chi connectivity index (χ2v) is 4.13. The van der Waals surface area contributed by atoms with Crippen molar-refractivity contribution in [2.45, 2.75) is 19.9 Å². The Hall–Kier alpha value is -0.120. The van der Waals surface area contributed by atoms with E-state index >= 15 is 0 Å². The largest absolute Gasteiger partial charge is 0.314 e. The minimum atomic E-state index is 0.649. The zero-order valence-electron chi connectivity index (χ0n) is 9.80. The Kier molecular flexibility index (Phi) is 7.23. The summed E-state index contributed by atoms with van der Waals surface area (Å²) in [6.07, 6.45) is 0. The Balaban J connectivity index is 3.16. The van der Waals surface area contributed by atoms with Crippen molar-refractivity contribution in [1.82, 2.24) is 15.1 Å². The molecule has 0 atom stereocenters. The van der Waals surface area contributed by atoms with Gasteiger partial charge in [0.15, 0.2) is 0 Å². The molecule has 0 saturated carbocycles. The predicted molar refractivity (Wildman–Crippen MR) is 59.2 cm³/mol. The maximum Gasteiger partial charge on any atom is 0.0106 e. The maximum absolute atomic E-state index is 3.42. The summed E-state index contributed by atoms with van der Waals surface area (Å²) in [5.41, 5.74) is 0. The lowest BCUT2D eigenvalue weighted by atomic mass is 10.3. The highest BCUT2D eigenvalue weighted by molar-refractivity contribution is 4.59. The Morgan fingerprint density at radius 1 is 1.00 bits per heavy atom. The summed E-state index contributed by atoms with van der Waals surface area (Å²) >= 11 is 0. The molecule has 0 aliphatic carbocycles. The van der Waals surface area contributed by atoms with Crippen LogP contribution in [0.3, 0.4) is 0 Å². The summed E-state index contributed by atoms with van der Waals surface area (Å²) in [4.78, 5) is 4.54. The van der Waals surface area contributed by atoms with E-state index in [1.54, 1.807) is 0 Å². The van der Waals surface area contributed by atoms with E-state index in [2.05, 4.69) is 50.1 Å². The molecule has 0 saturated heterocycles. The number of hydrogen-bond acceptors (Lipinski definition) is 3. The van der Waals surface area contributed by atoms with E-state index in [9.17, 15) is 0 Å². The van der Waals surface area contributed by atoms with Crippen molar-refractivity contribution in [2.24, 2.45) is 0 Å². The van der Waals surface area contributed by atoms with E-state index in [0.717, 1.165) is 26.2 Å². The zero-order valence-corrected chi connectivity index (χ0v) is 9.80. The van der Waals surface area contributed by atoms with E-state index in [4.69, 9.17) is 0 Å². The molecule has 0 aliphatic rings. The van der Waals surface area contributed by atoms with Crippen LogP contribution >= 0.6 is 0 Å².